The van der Waals surface area contributed by atoms with Gasteiger partial charge in [0, 0.05) is 24.2 Å². The number of hydrogen-bond donors (Lipinski definition) is 1. The van der Waals surface area contributed by atoms with E-state index >= 15 is 0 Å². The fourth-order valence-electron chi connectivity index (χ4n) is 4.04. The van der Waals surface area contributed by atoms with Crippen LogP contribution < -0.4 is 10.5 Å². The highest BCUT2D eigenvalue weighted by Gasteiger charge is 2.30. The van der Waals surface area contributed by atoms with E-state index in [0.29, 0.717) is 43.1 Å². The Labute approximate surface area is 216 Å². The van der Waals surface area contributed by atoms with E-state index in [4.69, 9.17) is 24.7 Å². The molecule has 36 heavy (non-hydrogen) atoms. The first-order valence-electron chi connectivity index (χ1n) is 11.7. The molecule has 4 rings (SSSR count). The summed E-state index contributed by atoms with van der Waals surface area (Å²) in [7, 11) is 1.55. The van der Waals surface area contributed by atoms with Crippen LogP contribution in [0.15, 0.2) is 47.6 Å². The Morgan fingerprint density at radius 3 is 2.56 bits per heavy atom. The Morgan fingerprint density at radius 1 is 1.11 bits per heavy atom. The Bertz CT molecular complexity index is 1060. The minimum Gasteiger partial charge on any atom is -0.475 e. The molecule has 1 saturated heterocycles. The van der Waals surface area contributed by atoms with Gasteiger partial charge in [-0.15, -0.1) is 12.4 Å². The van der Waals surface area contributed by atoms with Gasteiger partial charge in [-0.2, -0.15) is 5.10 Å². The van der Waals surface area contributed by atoms with E-state index in [-0.39, 0.29) is 43.1 Å². The predicted octanol–water partition coefficient (Wildman–Crippen LogP) is 2.42. The smallest absolute Gasteiger partial charge is 0.306 e. The lowest BCUT2D eigenvalue weighted by Gasteiger charge is -2.30. The molecule has 2 atom stereocenters. The maximum Gasteiger partial charge on any atom is 0.306 e. The monoisotopic (exact) mass is 517 g/mol. The fraction of sp³-hybridized carbons (Fsp3) is 0.423. The van der Waals surface area contributed by atoms with Gasteiger partial charge in [-0.3, -0.25) is 20.3 Å². The lowest BCUT2D eigenvalue weighted by Crippen LogP contribution is -2.41. The van der Waals surface area contributed by atoms with Crippen molar-refractivity contribution in [3.05, 3.63) is 64.7 Å². The van der Waals surface area contributed by atoms with E-state index in [1.165, 1.54) is 0 Å². The maximum absolute atomic E-state index is 13.1. The van der Waals surface area contributed by atoms with Crippen LogP contribution in [0.2, 0.25) is 0 Å². The SMILES string of the molecule is COCCOC(=O)CC1Cc2cc(C(=O)c3ccc(C=NN4CCOCC4)cc3)ccc2OC1N.Cl. The molecule has 2 aromatic carbocycles. The lowest BCUT2D eigenvalue weighted by molar-refractivity contribution is -0.147. The number of methoxy groups -OCH3 is 1. The van der Waals surface area contributed by atoms with E-state index in [1.807, 2.05) is 23.2 Å². The molecule has 0 spiro atoms. The highest BCUT2D eigenvalue weighted by molar-refractivity contribution is 6.09. The van der Waals surface area contributed by atoms with Crippen molar-refractivity contribution in [2.24, 2.45) is 16.8 Å². The van der Waals surface area contributed by atoms with Crippen LogP contribution in [0.1, 0.15) is 33.5 Å². The van der Waals surface area contributed by atoms with Crippen LogP contribution in [0.3, 0.4) is 0 Å². The topological polar surface area (TPSA) is 113 Å². The largest absolute Gasteiger partial charge is 0.475 e. The summed E-state index contributed by atoms with van der Waals surface area (Å²) in [5.74, 6) is -0.0467. The molecule has 2 N–H and O–H groups in total. The Morgan fingerprint density at radius 2 is 1.83 bits per heavy atom. The van der Waals surface area contributed by atoms with Crippen LogP contribution in [0.5, 0.6) is 5.75 Å². The molecule has 194 valence electrons. The molecular weight excluding hydrogens is 486 g/mol. The van der Waals surface area contributed by atoms with Crippen LogP contribution in [-0.4, -0.2) is 75.8 Å². The zero-order valence-corrected chi connectivity index (χ0v) is 21.1. The summed E-state index contributed by atoms with van der Waals surface area (Å²) in [5, 5.41) is 6.44. The standard InChI is InChI=1S/C26H31N3O6.ClH/c1-32-12-13-34-24(30)16-22-15-21-14-20(6-7-23(21)35-26(22)27)25(31)19-4-2-18(3-5-19)17-28-29-8-10-33-11-9-29;/h2-7,14,17,22,26H,8-13,15-16,27H2,1H3;1H. The third-order valence-electron chi connectivity index (χ3n) is 6.04. The molecule has 0 amide bonds. The average molecular weight is 518 g/mol. The second-order valence-corrected chi connectivity index (χ2v) is 8.55. The van der Waals surface area contributed by atoms with Gasteiger partial charge in [-0.1, -0.05) is 24.3 Å². The Kier molecular flexibility index (Phi) is 10.2. The highest BCUT2D eigenvalue weighted by atomic mass is 35.5. The third kappa shape index (κ3) is 7.27. The van der Waals surface area contributed by atoms with Crippen LogP contribution in [0.4, 0.5) is 0 Å². The quantitative estimate of drug-likeness (QED) is 0.233. The minimum atomic E-state index is -0.620. The summed E-state index contributed by atoms with van der Waals surface area (Å²) >= 11 is 0. The number of fused-ring (bicyclic) bond motifs is 1. The number of ketones is 1. The first-order valence-corrected chi connectivity index (χ1v) is 11.7. The fourth-order valence-corrected chi connectivity index (χ4v) is 4.04. The van der Waals surface area contributed by atoms with Gasteiger partial charge in [0.25, 0.3) is 0 Å². The molecule has 1 fully saturated rings. The van der Waals surface area contributed by atoms with Crippen molar-refractivity contribution < 1.29 is 28.5 Å². The van der Waals surface area contributed by atoms with Crippen LogP contribution in [-0.2, 0) is 25.4 Å². The number of morpholine rings is 1. The van der Waals surface area contributed by atoms with E-state index in [9.17, 15) is 9.59 Å². The normalized spacial score (nSPS) is 19.2. The predicted molar refractivity (Wildman–Crippen MR) is 137 cm³/mol. The number of nitrogens with two attached hydrogens (primary N) is 1. The second-order valence-electron chi connectivity index (χ2n) is 8.55. The van der Waals surface area contributed by atoms with Crippen molar-refractivity contribution in [2.75, 3.05) is 46.6 Å². The molecule has 0 aliphatic carbocycles. The summed E-state index contributed by atoms with van der Waals surface area (Å²) in [6.45, 7) is 3.45. The van der Waals surface area contributed by atoms with Crippen molar-refractivity contribution in [3.63, 3.8) is 0 Å². The molecule has 2 aliphatic rings. The summed E-state index contributed by atoms with van der Waals surface area (Å²) in [4.78, 5) is 25.2. The molecule has 2 unspecified atom stereocenters. The van der Waals surface area contributed by atoms with Gasteiger partial charge < -0.3 is 18.9 Å². The van der Waals surface area contributed by atoms with Crippen LogP contribution >= 0.6 is 12.4 Å². The molecule has 2 aliphatic heterocycles. The van der Waals surface area contributed by atoms with Crippen molar-refractivity contribution in [1.82, 2.24) is 5.01 Å². The number of rotatable bonds is 9. The number of carbonyl (C=O) groups excluding carboxylic acids is 2. The van der Waals surface area contributed by atoms with Gasteiger partial charge in [0.2, 0.25) is 0 Å². The minimum absolute atomic E-state index is 0. The summed E-state index contributed by atoms with van der Waals surface area (Å²) in [5.41, 5.74) is 9.04. The molecule has 9 nitrogen and oxygen atoms in total. The van der Waals surface area contributed by atoms with Gasteiger partial charge in [0.15, 0.2) is 12.0 Å². The molecule has 0 aromatic heterocycles. The Balaban J connectivity index is 0.00000361. The number of nitrogens with zero attached hydrogens (tertiary/aromatic N) is 2. The Hall–Kier alpha value is -2.98. The second kappa shape index (κ2) is 13.4. The maximum atomic E-state index is 13.1. The van der Waals surface area contributed by atoms with E-state index in [2.05, 4.69) is 5.10 Å². The van der Waals surface area contributed by atoms with E-state index < -0.39 is 6.23 Å². The molecule has 0 saturated carbocycles. The molecular formula is C26H32ClN3O6. The number of hydrazone groups is 1. The highest BCUT2D eigenvalue weighted by Crippen LogP contribution is 2.32. The third-order valence-corrected chi connectivity index (χ3v) is 6.04. The van der Waals surface area contributed by atoms with Crippen molar-refractivity contribution >= 4 is 30.4 Å². The molecule has 2 heterocycles. The van der Waals surface area contributed by atoms with E-state index in [0.717, 1.165) is 24.2 Å². The number of hydrogen-bond acceptors (Lipinski definition) is 9. The van der Waals surface area contributed by atoms with Gasteiger partial charge in [0.1, 0.15) is 12.4 Å². The number of carbonyl (C=O) groups is 2. The summed E-state index contributed by atoms with van der Waals surface area (Å²) in [6, 6.07) is 12.7. The van der Waals surface area contributed by atoms with Crippen molar-refractivity contribution in [3.8, 4) is 5.75 Å². The molecule has 0 bridgehead atoms. The summed E-state index contributed by atoms with van der Waals surface area (Å²) < 4.78 is 21.2. The molecule has 0 radical (unpaired) electrons. The van der Waals surface area contributed by atoms with Crippen molar-refractivity contribution in [2.45, 2.75) is 19.1 Å². The van der Waals surface area contributed by atoms with E-state index in [1.54, 1.807) is 37.6 Å². The zero-order chi connectivity index (χ0) is 24.6. The zero-order valence-electron chi connectivity index (χ0n) is 20.3. The van der Waals surface area contributed by atoms with Gasteiger partial charge in [-0.25, -0.2) is 0 Å². The van der Waals surface area contributed by atoms with Gasteiger partial charge in [-0.05, 0) is 35.7 Å². The van der Waals surface area contributed by atoms with Crippen molar-refractivity contribution in [1.29, 1.82) is 0 Å². The lowest BCUT2D eigenvalue weighted by atomic mass is 9.90. The van der Waals surface area contributed by atoms with Crippen LogP contribution in [0.25, 0.3) is 0 Å². The average Bonchev–Trinajstić information content (AvgIpc) is 2.88. The first-order chi connectivity index (χ1) is 17.0. The first kappa shape index (κ1) is 27.6. The van der Waals surface area contributed by atoms with Crippen LogP contribution in [0, 0.1) is 5.92 Å². The molecule has 2 aromatic rings. The van der Waals surface area contributed by atoms with Gasteiger partial charge >= 0.3 is 5.97 Å². The number of esters is 1. The number of benzene rings is 2. The summed E-state index contributed by atoms with van der Waals surface area (Å²) in [6.07, 6.45) is 1.83. The number of ether oxygens (including phenoxy) is 4. The number of halogens is 1. The molecule has 10 heteroatoms. The van der Waals surface area contributed by atoms with Gasteiger partial charge in [0.05, 0.1) is 45.5 Å².